The molecule has 3 saturated heterocycles. The molecule has 5 aromatic rings. The van der Waals surface area contributed by atoms with Crippen LogP contribution in [0.25, 0.3) is 16.7 Å². The number of nitrogens with one attached hydrogen (secondary N) is 2. The minimum absolute atomic E-state index is 0.00574. The summed E-state index contributed by atoms with van der Waals surface area (Å²) >= 11 is 0. The zero-order valence-corrected chi connectivity index (χ0v) is 34.1. The number of aromatic nitrogens is 7. The fourth-order valence-corrected chi connectivity index (χ4v) is 9.54. The Bertz CT molecular complexity index is 2580. The van der Waals surface area contributed by atoms with E-state index in [1.807, 2.05) is 24.3 Å². The fourth-order valence-electron chi connectivity index (χ4n) is 9.54. The third-order valence-corrected chi connectivity index (χ3v) is 12.9. The van der Waals surface area contributed by atoms with E-state index in [9.17, 15) is 28.0 Å². The first-order valence-corrected chi connectivity index (χ1v) is 21.2. The second-order valence-corrected chi connectivity index (χ2v) is 16.7. The summed E-state index contributed by atoms with van der Waals surface area (Å²) in [5.41, 5.74) is 1.77. The van der Waals surface area contributed by atoms with E-state index in [0.717, 1.165) is 63.6 Å². The maximum Gasteiger partial charge on any atom is 0.329 e. The highest BCUT2D eigenvalue weighted by Crippen LogP contribution is 2.39. The van der Waals surface area contributed by atoms with Gasteiger partial charge in [-0.3, -0.25) is 38.4 Å². The normalized spacial score (nSPS) is 21.8. The number of benzene rings is 1. The number of halogens is 2. The van der Waals surface area contributed by atoms with Gasteiger partial charge in [0.05, 0.1) is 54.3 Å². The second-order valence-electron chi connectivity index (χ2n) is 16.7. The van der Waals surface area contributed by atoms with Crippen LogP contribution in [0.1, 0.15) is 97.9 Å². The Hall–Kier alpha value is -5.93. The maximum atomic E-state index is 14.3. The quantitative estimate of drug-likeness (QED) is 0.160. The van der Waals surface area contributed by atoms with Crippen LogP contribution in [0.4, 0.5) is 20.3 Å². The van der Waals surface area contributed by atoms with E-state index in [1.54, 1.807) is 24.1 Å². The van der Waals surface area contributed by atoms with Gasteiger partial charge in [-0.2, -0.15) is 10.2 Å². The summed E-state index contributed by atoms with van der Waals surface area (Å²) in [6, 6.07) is 6.59. The Balaban J connectivity index is 0.768. The summed E-state index contributed by atoms with van der Waals surface area (Å²) in [6.07, 6.45) is 9.20. The van der Waals surface area contributed by atoms with Crippen LogP contribution >= 0.6 is 0 Å². The molecule has 3 aliphatic heterocycles. The monoisotopic (exact) mass is 837 g/mol. The molecule has 1 aliphatic carbocycles. The van der Waals surface area contributed by atoms with Crippen molar-refractivity contribution in [2.45, 2.75) is 76.3 Å². The number of amides is 3. The number of imide groups is 1. The van der Waals surface area contributed by atoms with Crippen LogP contribution in [0.3, 0.4) is 0 Å². The molecule has 320 valence electrons. The van der Waals surface area contributed by atoms with Crippen molar-refractivity contribution < 1.29 is 27.9 Å². The third-order valence-electron chi connectivity index (χ3n) is 12.9. The molecule has 18 heteroatoms. The lowest BCUT2D eigenvalue weighted by atomic mass is 9.78. The summed E-state index contributed by atoms with van der Waals surface area (Å²) in [7, 11) is 1.68. The van der Waals surface area contributed by atoms with E-state index < -0.39 is 30.0 Å². The number of hydrogen-bond donors (Lipinski definition) is 2. The molecular formula is C43H49F2N11O5. The van der Waals surface area contributed by atoms with Crippen molar-refractivity contribution in [2.75, 3.05) is 56.2 Å². The molecule has 2 N–H and O–H groups in total. The number of fused-ring (bicyclic) bond motifs is 2. The van der Waals surface area contributed by atoms with Crippen LogP contribution in [0.2, 0.25) is 0 Å². The Kier molecular flexibility index (Phi) is 11.4. The molecule has 61 heavy (non-hydrogen) atoms. The van der Waals surface area contributed by atoms with E-state index in [4.69, 9.17) is 4.74 Å². The van der Waals surface area contributed by atoms with Crippen LogP contribution < -0.4 is 21.2 Å². The first-order chi connectivity index (χ1) is 29.6. The van der Waals surface area contributed by atoms with Crippen molar-refractivity contribution in [3.05, 3.63) is 70.2 Å². The van der Waals surface area contributed by atoms with Crippen molar-refractivity contribution in [3.8, 4) is 11.8 Å². The molecule has 1 aromatic carbocycles. The standard InChI is InChI=1S/C43H49F2N11O5/c1-51-38-29(4-2-6-33(38)56(43(51)60)34-11-12-36(57)49-42(34)59)5-3-16-52-17-13-28(14-18-52)24-27-7-9-30(10-8-27)55-26-32(37(50-55)39(44)45)47-41(58)31-25-46-54-19-15-35(48-40(31)54)53-20-22-61-23-21-53/h2,4,6,15,19,25-28,30,34,39H,7-14,16-18,20-24H2,1H3,(H,47,58)(H,49,57,59)/t27-,30-,34?. The van der Waals surface area contributed by atoms with Gasteiger partial charge in [-0.05, 0) is 94.5 Å². The number of hydrogen-bond acceptors (Lipinski definition) is 10. The number of nitrogens with zero attached hydrogens (tertiary/aromatic N) is 9. The summed E-state index contributed by atoms with van der Waals surface area (Å²) in [5.74, 6) is 7.09. The summed E-state index contributed by atoms with van der Waals surface area (Å²) < 4.78 is 40.1. The van der Waals surface area contributed by atoms with Crippen molar-refractivity contribution in [3.63, 3.8) is 0 Å². The maximum absolute atomic E-state index is 14.3. The van der Waals surface area contributed by atoms with Crippen LogP contribution in [0.5, 0.6) is 0 Å². The van der Waals surface area contributed by atoms with E-state index in [1.165, 1.54) is 19.8 Å². The van der Waals surface area contributed by atoms with Crippen LogP contribution in [-0.2, 0) is 21.4 Å². The lowest BCUT2D eigenvalue weighted by Crippen LogP contribution is -2.44. The number of carbonyl (C=O) groups excluding carboxylic acids is 3. The van der Waals surface area contributed by atoms with Gasteiger partial charge in [0.2, 0.25) is 11.8 Å². The van der Waals surface area contributed by atoms with Crippen LogP contribution in [0, 0.1) is 23.7 Å². The largest absolute Gasteiger partial charge is 0.378 e. The number of carbonyl (C=O) groups is 3. The predicted molar refractivity (Wildman–Crippen MR) is 221 cm³/mol. The first-order valence-electron chi connectivity index (χ1n) is 21.2. The number of piperidine rings is 2. The predicted octanol–water partition coefficient (Wildman–Crippen LogP) is 4.47. The van der Waals surface area contributed by atoms with Gasteiger partial charge >= 0.3 is 5.69 Å². The van der Waals surface area contributed by atoms with E-state index in [0.29, 0.717) is 67.2 Å². The van der Waals surface area contributed by atoms with Gasteiger partial charge in [-0.15, -0.1) is 0 Å². The highest BCUT2D eigenvalue weighted by molar-refractivity contribution is 6.08. The van der Waals surface area contributed by atoms with Gasteiger partial charge in [0.25, 0.3) is 12.3 Å². The molecule has 9 rings (SSSR count). The van der Waals surface area contributed by atoms with E-state index in [2.05, 4.69) is 47.5 Å². The number of aryl methyl sites for hydroxylation is 1. The Morgan fingerprint density at radius 3 is 2.52 bits per heavy atom. The lowest BCUT2D eigenvalue weighted by Gasteiger charge is -2.35. The number of para-hydroxylation sites is 1. The number of anilines is 2. The minimum Gasteiger partial charge on any atom is -0.378 e. The average molecular weight is 838 g/mol. The molecule has 4 fully saturated rings. The highest BCUT2D eigenvalue weighted by Gasteiger charge is 2.33. The number of imidazole rings is 1. The fraction of sp³-hybridized carbons (Fsp3) is 0.512. The number of likely N-dealkylation sites (tertiary alicyclic amines) is 1. The zero-order chi connectivity index (χ0) is 42.2. The number of ether oxygens (including phenoxy) is 1. The van der Waals surface area contributed by atoms with Crippen molar-refractivity contribution in [1.82, 2.24) is 43.7 Å². The topological polar surface area (TPSA) is 166 Å². The van der Waals surface area contributed by atoms with Gasteiger partial charge < -0.3 is 15.0 Å². The van der Waals surface area contributed by atoms with Gasteiger partial charge in [-0.1, -0.05) is 17.9 Å². The number of rotatable bonds is 9. The molecular weight excluding hydrogens is 789 g/mol. The number of morpholine rings is 1. The van der Waals surface area contributed by atoms with Gasteiger partial charge in [0.15, 0.2) is 11.3 Å². The molecule has 0 spiro atoms. The Labute approximate surface area is 350 Å². The van der Waals surface area contributed by atoms with E-state index >= 15 is 0 Å². The minimum atomic E-state index is -2.86. The van der Waals surface area contributed by atoms with Crippen molar-refractivity contribution in [2.24, 2.45) is 18.9 Å². The third kappa shape index (κ3) is 8.28. The number of alkyl halides is 2. The molecule has 4 aromatic heterocycles. The smallest absolute Gasteiger partial charge is 0.329 e. The van der Waals surface area contributed by atoms with Crippen molar-refractivity contribution in [1.29, 1.82) is 0 Å². The molecule has 4 aliphatic rings. The van der Waals surface area contributed by atoms with Crippen LogP contribution in [-0.4, -0.2) is 102 Å². The highest BCUT2D eigenvalue weighted by atomic mass is 19.3. The summed E-state index contributed by atoms with van der Waals surface area (Å²) in [6.45, 7) is 5.02. The molecule has 1 atom stereocenters. The molecule has 7 heterocycles. The van der Waals surface area contributed by atoms with Gasteiger partial charge in [0, 0.05) is 39.0 Å². The van der Waals surface area contributed by atoms with E-state index in [-0.39, 0.29) is 41.7 Å². The average Bonchev–Trinajstić information content (AvgIpc) is 3.96. The Morgan fingerprint density at radius 1 is 1.00 bits per heavy atom. The van der Waals surface area contributed by atoms with Gasteiger partial charge in [-0.25, -0.2) is 23.1 Å². The first kappa shape index (κ1) is 40.5. The molecule has 16 nitrogen and oxygen atoms in total. The van der Waals surface area contributed by atoms with Gasteiger partial charge in [0.1, 0.15) is 17.4 Å². The summed E-state index contributed by atoms with van der Waals surface area (Å²) in [5, 5.41) is 13.6. The molecule has 0 radical (unpaired) electrons. The van der Waals surface area contributed by atoms with Crippen LogP contribution in [0.15, 0.2) is 47.7 Å². The second kappa shape index (κ2) is 17.2. The Morgan fingerprint density at radius 2 is 1.77 bits per heavy atom. The molecule has 1 saturated carbocycles. The van der Waals surface area contributed by atoms with Crippen molar-refractivity contribution >= 4 is 45.9 Å². The summed E-state index contributed by atoms with van der Waals surface area (Å²) in [4.78, 5) is 60.2. The molecule has 0 bridgehead atoms. The molecule has 1 unspecified atom stereocenters. The lowest BCUT2D eigenvalue weighted by molar-refractivity contribution is -0.135. The SMILES string of the molecule is Cn1c(=O)n(C2CCC(=O)NC2=O)c2cccc(C#CCN3CCC(C[C@H]4CC[C@H](n5cc(NC(=O)c6cnn7ccc(N8CCOCC8)nc67)c(C(F)F)n5)CC4)CC3)c21. The molecule has 3 amide bonds. The zero-order valence-electron chi connectivity index (χ0n) is 34.1.